The predicted octanol–water partition coefficient (Wildman–Crippen LogP) is 4.67. The molecule has 0 spiro atoms. The molecule has 3 aromatic rings. The molecule has 1 unspecified atom stereocenters. The van der Waals surface area contributed by atoms with E-state index in [9.17, 15) is 9.59 Å². The number of hydrogen-bond donors (Lipinski definition) is 1. The summed E-state index contributed by atoms with van der Waals surface area (Å²) in [7, 11) is 0. The molecule has 5 heteroatoms. The number of ketones is 1. The van der Waals surface area contributed by atoms with Gasteiger partial charge in [0.15, 0.2) is 5.78 Å². The Labute approximate surface area is 170 Å². The molecule has 0 saturated carbocycles. The highest BCUT2D eigenvalue weighted by atomic mass is 16.2. The summed E-state index contributed by atoms with van der Waals surface area (Å²) in [5, 5.41) is 7.66. The Morgan fingerprint density at radius 1 is 1.14 bits per heavy atom. The van der Waals surface area contributed by atoms with Gasteiger partial charge in [0.05, 0.1) is 17.3 Å². The summed E-state index contributed by atoms with van der Waals surface area (Å²) < 4.78 is 1.77. The summed E-state index contributed by atoms with van der Waals surface area (Å²) in [6, 6.07) is 13.7. The first-order valence-corrected chi connectivity index (χ1v) is 9.99. The van der Waals surface area contributed by atoms with Crippen molar-refractivity contribution in [3.8, 4) is 5.69 Å². The number of carbonyl (C=O) groups excluding carboxylic acids is 2. The predicted molar refractivity (Wildman–Crippen MR) is 114 cm³/mol. The van der Waals surface area contributed by atoms with E-state index in [1.54, 1.807) is 4.68 Å². The molecule has 0 bridgehead atoms. The third-order valence-corrected chi connectivity index (χ3v) is 5.87. The zero-order chi connectivity index (χ0) is 20.7. The molecule has 4 rings (SSSR count). The van der Waals surface area contributed by atoms with Crippen LogP contribution in [0.4, 0.5) is 5.82 Å². The first-order valence-electron chi connectivity index (χ1n) is 9.99. The Bertz CT molecular complexity index is 1110. The molecule has 148 valence electrons. The van der Waals surface area contributed by atoms with Crippen LogP contribution in [0.3, 0.4) is 0 Å². The quantitative estimate of drug-likeness (QED) is 0.662. The normalized spacial score (nSPS) is 15.7. The van der Waals surface area contributed by atoms with Gasteiger partial charge >= 0.3 is 0 Å². The van der Waals surface area contributed by atoms with Crippen molar-refractivity contribution in [2.24, 2.45) is 0 Å². The van der Waals surface area contributed by atoms with Crippen LogP contribution in [-0.2, 0) is 11.2 Å². The number of nitrogens with zero attached hydrogens (tertiary/aromatic N) is 2. The molecule has 29 heavy (non-hydrogen) atoms. The minimum Gasteiger partial charge on any atom is -0.310 e. The fourth-order valence-electron chi connectivity index (χ4n) is 4.02. The molecule has 0 aliphatic carbocycles. The van der Waals surface area contributed by atoms with Crippen molar-refractivity contribution in [1.82, 2.24) is 9.78 Å². The summed E-state index contributed by atoms with van der Waals surface area (Å²) in [6.07, 6.45) is 1.06. The Kier molecular flexibility index (Phi) is 4.82. The number of nitrogens with one attached hydrogen (secondary N) is 1. The Balaban J connectivity index is 1.81. The monoisotopic (exact) mass is 387 g/mol. The number of carbonyl (C=O) groups is 2. The van der Waals surface area contributed by atoms with Crippen LogP contribution in [0.15, 0.2) is 42.5 Å². The maximum absolute atomic E-state index is 13.3. The number of fused-ring (bicyclic) bond motifs is 1. The maximum Gasteiger partial charge on any atom is 0.226 e. The van der Waals surface area contributed by atoms with E-state index < -0.39 is 5.92 Å². The molecule has 1 N–H and O–H groups in total. The number of amides is 1. The molecule has 5 nitrogen and oxygen atoms in total. The van der Waals surface area contributed by atoms with Gasteiger partial charge in [-0.2, -0.15) is 5.10 Å². The number of benzene rings is 2. The van der Waals surface area contributed by atoms with Crippen molar-refractivity contribution in [2.45, 2.75) is 46.5 Å². The zero-order valence-corrected chi connectivity index (χ0v) is 17.2. The Morgan fingerprint density at radius 3 is 2.55 bits per heavy atom. The average molecular weight is 387 g/mol. The lowest BCUT2D eigenvalue weighted by Gasteiger charge is -2.23. The van der Waals surface area contributed by atoms with Crippen LogP contribution in [-0.4, -0.2) is 21.5 Å². The third kappa shape index (κ3) is 3.27. The molecule has 1 atom stereocenters. The van der Waals surface area contributed by atoms with E-state index in [2.05, 4.69) is 12.2 Å². The van der Waals surface area contributed by atoms with E-state index in [1.807, 2.05) is 63.2 Å². The topological polar surface area (TPSA) is 64.0 Å². The minimum absolute atomic E-state index is 0.0348. The molecule has 0 saturated heterocycles. The van der Waals surface area contributed by atoms with Crippen LogP contribution >= 0.6 is 0 Å². The highest BCUT2D eigenvalue weighted by Gasteiger charge is 2.36. The highest BCUT2D eigenvalue weighted by molar-refractivity contribution is 6.08. The number of hydrogen-bond acceptors (Lipinski definition) is 3. The summed E-state index contributed by atoms with van der Waals surface area (Å²) in [4.78, 5) is 25.8. The van der Waals surface area contributed by atoms with Crippen molar-refractivity contribution in [3.05, 3.63) is 76.0 Å². The maximum atomic E-state index is 13.3. The number of aromatic nitrogens is 2. The second-order valence-electron chi connectivity index (χ2n) is 7.70. The lowest BCUT2D eigenvalue weighted by atomic mass is 9.85. The lowest BCUT2D eigenvalue weighted by molar-refractivity contribution is -0.116. The second-order valence-corrected chi connectivity index (χ2v) is 7.70. The molecule has 0 radical (unpaired) electrons. The lowest BCUT2D eigenvalue weighted by Crippen LogP contribution is -2.28. The van der Waals surface area contributed by atoms with Crippen LogP contribution in [0.5, 0.6) is 0 Å². The van der Waals surface area contributed by atoms with Gasteiger partial charge in [-0.15, -0.1) is 0 Å². The minimum atomic E-state index is -0.523. The van der Waals surface area contributed by atoms with Crippen molar-refractivity contribution >= 4 is 17.5 Å². The van der Waals surface area contributed by atoms with E-state index in [0.29, 0.717) is 11.4 Å². The number of anilines is 1. The second kappa shape index (κ2) is 7.32. The zero-order valence-electron chi connectivity index (χ0n) is 17.2. The summed E-state index contributed by atoms with van der Waals surface area (Å²) in [6.45, 7) is 8.07. The number of aryl methyl sites for hydroxylation is 3. The Morgan fingerprint density at radius 2 is 1.86 bits per heavy atom. The standard InChI is InChI=1S/C24H25N3O2/c1-5-17-9-11-18(12-10-17)23(29)19-13-21(28)25-24-22(19)16(4)26-27(24)20-8-6-7-14(2)15(20)3/h6-12,19H,5,13H2,1-4H3,(H,25,28). The van der Waals surface area contributed by atoms with Gasteiger partial charge in [0.25, 0.3) is 0 Å². The van der Waals surface area contributed by atoms with Crippen LogP contribution < -0.4 is 5.32 Å². The molecule has 1 aliphatic rings. The van der Waals surface area contributed by atoms with Gasteiger partial charge in [0, 0.05) is 17.5 Å². The van der Waals surface area contributed by atoms with Crippen molar-refractivity contribution in [1.29, 1.82) is 0 Å². The van der Waals surface area contributed by atoms with E-state index in [0.717, 1.165) is 34.5 Å². The largest absolute Gasteiger partial charge is 0.310 e. The highest BCUT2D eigenvalue weighted by Crippen LogP contribution is 2.38. The average Bonchev–Trinajstić information content (AvgIpc) is 3.05. The van der Waals surface area contributed by atoms with Crippen LogP contribution in [0.25, 0.3) is 5.69 Å². The number of Topliss-reactive ketones (excluding diaryl/α,β-unsaturated/α-hetero) is 1. The van der Waals surface area contributed by atoms with Crippen LogP contribution in [0, 0.1) is 20.8 Å². The summed E-state index contributed by atoms with van der Waals surface area (Å²) in [5.41, 5.74) is 6.55. The molecular weight excluding hydrogens is 362 g/mol. The van der Waals surface area contributed by atoms with Gasteiger partial charge in [-0.05, 0) is 49.9 Å². The van der Waals surface area contributed by atoms with Crippen LogP contribution in [0.1, 0.15) is 57.6 Å². The summed E-state index contributed by atoms with van der Waals surface area (Å²) in [5.74, 6) is -0.110. The third-order valence-electron chi connectivity index (χ3n) is 5.87. The molecule has 0 fully saturated rings. The van der Waals surface area contributed by atoms with Gasteiger partial charge < -0.3 is 5.32 Å². The van der Waals surface area contributed by atoms with Gasteiger partial charge in [-0.25, -0.2) is 4.68 Å². The molecular formula is C24H25N3O2. The SMILES string of the molecule is CCc1ccc(C(=O)C2CC(=O)Nc3c2c(C)nn3-c2cccc(C)c2C)cc1. The molecule has 1 aliphatic heterocycles. The number of rotatable bonds is 4. The van der Waals surface area contributed by atoms with E-state index in [4.69, 9.17) is 5.10 Å². The van der Waals surface area contributed by atoms with Crippen molar-refractivity contribution in [2.75, 3.05) is 5.32 Å². The summed E-state index contributed by atoms with van der Waals surface area (Å²) >= 11 is 0. The fraction of sp³-hybridized carbons (Fsp3) is 0.292. The van der Waals surface area contributed by atoms with Gasteiger partial charge in [-0.3, -0.25) is 9.59 Å². The molecule has 2 aromatic carbocycles. The van der Waals surface area contributed by atoms with E-state index in [-0.39, 0.29) is 18.1 Å². The van der Waals surface area contributed by atoms with E-state index >= 15 is 0 Å². The van der Waals surface area contributed by atoms with Gasteiger partial charge in [-0.1, -0.05) is 43.3 Å². The molecule has 1 amide bonds. The first-order chi connectivity index (χ1) is 13.9. The van der Waals surface area contributed by atoms with Gasteiger partial charge in [0.1, 0.15) is 5.82 Å². The first kappa shape index (κ1) is 19.1. The molecule has 1 aromatic heterocycles. The smallest absolute Gasteiger partial charge is 0.226 e. The molecule has 2 heterocycles. The van der Waals surface area contributed by atoms with Crippen LogP contribution in [0.2, 0.25) is 0 Å². The van der Waals surface area contributed by atoms with Crippen molar-refractivity contribution in [3.63, 3.8) is 0 Å². The van der Waals surface area contributed by atoms with Gasteiger partial charge in [0.2, 0.25) is 5.91 Å². The van der Waals surface area contributed by atoms with E-state index in [1.165, 1.54) is 5.56 Å². The Hall–Kier alpha value is -3.21. The van der Waals surface area contributed by atoms with Crippen molar-refractivity contribution < 1.29 is 9.59 Å². The fourth-order valence-corrected chi connectivity index (χ4v) is 4.02.